The van der Waals surface area contributed by atoms with E-state index in [-0.39, 0.29) is 24.3 Å². The Morgan fingerprint density at radius 2 is 2.20 bits per heavy atom. The highest BCUT2D eigenvalue weighted by Crippen LogP contribution is 2.31. The molecule has 3 N–H and O–H groups in total. The lowest BCUT2D eigenvalue weighted by Gasteiger charge is -2.18. The first-order valence-electron chi connectivity index (χ1n) is 8.86. The Balaban J connectivity index is 0.00000225. The van der Waals surface area contributed by atoms with Crippen molar-refractivity contribution in [3.8, 4) is 0 Å². The zero-order valence-electron chi connectivity index (χ0n) is 14.6. The van der Waals surface area contributed by atoms with Crippen molar-refractivity contribution in [1.82, 2.24) is 10.6 Å². The van der Waals surface area contributed by atoms with E-state index in [0.717, 1.165) is 49.3 Å². The minimum absolute atomic E-state index is 0. The Morgan fingerprint density at radius 1 is 1.36 bits per heavy atom. The van der Waals surface area contributed by atoms with Gasteiger partial charge in [0.2, 0.25) is 5.91 Å². The number of fused-ring (bicyclic) bond motifs is 1. The van der Waals surface area contributed by atoms with Crippen molar-refractivity contribution in [2.45, 2.75) is 32.6 Å². The summed E-state index contributed by atoms with van der Waals surface area (Å²) < 4.78 is 0. The number of amides is 3. The number of benzene rings is 1. The van der Waals surface area contributed by atoms with Gasteiger partial charge in [-0.3, -0.25) is 9.69 Å². The molecule has 1 aromatic carbocycles. The van der Waals surface area contributed by atoms with Crippen LogP contribution in [0.2, 0.25) is 0 Å². The molecule has 2 heterocycles. The van der Waals surface area contributed by atoms with Crippen LogP contribution in [0.1, 0.15) is 31.7 Å². The lowest BCUT2D eigenvalue weighted by atomic mass is 10.0. The standard InChI is InChI=1S/C18H26N4O2.ClH/c1-2-20-18(24)22-10-8-14-4-5-15(11-16(14)22)21-17(23)6-3-13-7-9-19-12-13;/h4-5,11,13,19H,2-3,6-10,12H2,1H3,(H,20,24)(H,21,23);1H. The molecule has 0 spiro atoms. The second kappa shape index (κ2) is 9.06. The highest BCUT2D eigenvalue weighted by atomic mass is 35.5. The van der Waals surface area contributed by atoms with Gasteiger partial charge in [-0.05, 0) is 62.9 Å². The number of nitrogens with zero attached hydrogens (tertiary/aromatic N) is 1. The van der Waals surface area contributed by atoms with Gasteiger partial charge in [0.05, 0.1) is 5.69 Å². The van der Waals surface area contributed by atoms with Crippen LogP contribution in [0.4, 0.5) is 16.2 Å². The van der Waals surface area contributed by atoms with E-state index in [4.69, 9.17) is 0 Å². The Kier molecular flexibility index (Phi) is 7.08. The van der Waals surface area contributed by atoms with Gasteiger partial charge in [0.25, 0.3) is 0 Å². The van der Waals surface area contributed by atoms with Crippen molar-refractivity contribution in [3.63, 3.8) is 0 Å². The number of urea groups is 1. The molecule has 0 aliphatic carbocycles. The Morgan fingerprint density at radius 3 is 2.92 bits per heavy atom. The molecule has 1 aromatic rings. The lowest BCUT2D eigenvalue weighted by molar-refractivity contribution is -0.116. The summed E-state index contributed by atoms with van der Waals surface area (Å²) in [6, 6.07) is 5.76. The molecule has 2 aliphatic rings. The maximum absolute atomic E-state index is 12.2. The molecule has 1 atom stereocenters. The van der Waals surface area contributed by atoms with Crippen LogP contribution in [0.5, 0.6) is 0 Å². The molecule has 6 nitrogen and oxygen atoms in total. The molecule has 0 saturated carbocycles. The molecule has 1 unspecified atom stereocenters. The van der Waals surface area contributed by atoms with E-state index >= 15 is 0 Å². The van der Waals surface area contributed by atoms with Crippen molar-refractivity contribution in [1.29, 1.82) is 0 Å². The maximum atomic E-state index is 12.2. The number of nitrogens with one attached hydrogen (secondary N) is 3. The Bertz CT molecular complexity index is 617. The highest BCUT2D eigenvalue weighted by molar-refractivity contribution is 5.96. The molecule has 3 amide bonds. The Labute approximate surface area is 155 Å². The fourth-order valence-corrected chi connectivity index (χ4v) is 3.43. The molecule has 0 bridgehead atoms. The van der Waals surface area contributed by atoms with Crippen LogP contribution in [-0.2, 0) is 11.2 Å². The van der Waals surface area contributed by atoms with Crippen LogP contribution in [0.15, 0.2) is 18.2 Å². The normalized spacial score (nSPS) is 18.4. The van der Waals surface area contributed by atoms with E-state index < -0.39 is 0 Å². The number of hydrogen-bond donors (Lipinski definition) is 3. The third kappa shape index (κ3) is 4.86. The summed E-state index contributed by atoms with van der Waals surface area (Å²) in [6.45, 7) is 5.29. The first kappa shape index (κ1) is 19.5. The Hall–Kier alpha value is -1.79. The number of halogens is 1. The molecule has 1 saturated heterocycles. The molecule has 1 fully saturated rings. The second-order valence-corrected chi connectivity index (χ2v) is 6.53. The van der Waals surface area contributed by atoms with Crippen molar-refractivity contribution >= 4 is 35.7 Å². The fraction of sp³-hybridized carbons (Fsp3) is 0.556. The van der Waals surface area contributed by atoms with Crippen LogP contribution in [0.25, 0.3) is 0 Å². The van der Waals surface area contributed by atoms with Crippen molar-refractivity contribution in [2.75, 3.05) is 36.4 Å². The van der Waals surface area contributed by atoms with Gasteiger partial charge < -0.3 is 16.0 Å². The smallest absolute Gasteiger partial charge is 0.321 e. The number of rotatable bonds is 5. The minimum atomic E-state index is -0.0755. The summed E-state index contributed by atoms with van der Waals surface area (Å²) >= 11 is 0. The van der Waals surface area contributed by atoms with Gasteiger partial charge in [-0.15, -0.1) is 12.4 Å². The van der Waals surface area contributed by atoms with Crippen LogP contribution in [0, 0.1) is 5.92 Å². The van der Waals surface area contributed by atoms with Gasteiger partial charge in [0.15, 0.2) is 0 Å². The third-order valence-corrected chi connectivity index (χ3v) is 4.78. The van der Waals surface area contributed by atoms with E-state index in [0.29, 0.717) is 25.4 Å². The van der Waals surface area contributed by atoms with Crippen LogP contribution in [0.3, 0.4) is 0 Å². The quantitative estimate of drug-likeness (QED) is 0.749. The van der Waals surface area contributed by atoms with Crippen LogP contribution in [-0.4, -0.2) is 38.1 Å². The third-order valence-electron chi connectivity index (χ3n) is 4.78. The molecular formula is C18H27ClN4O2. The lowest BCUT2D eigenvalue weighted by Crippen LogP contribution is -2.38. The van der Waals surface area contributed by atoms with Crippen molar-refractivity contribution in [2.24, 2.45) is 5.92 Å². The van der Waals surface area contributed by atoms with E-state index in [2.05, 4.69) is 16.0 Å². The van der Waals surface area contributed by atoms with Gasteiger partial charge >= 0.3 is 6.03 Å². The summed E-state index contributed by atoms with van der Waals surface area (Å²) in [6.07, 6.45) is 3.49. The summed E-state index contributed by atoms with van der Waals surface area (Å²) in [7, 11) is 0. The molecule has 7 heteroatoms. The number of carbonyl (C=O) groups is 2. The molecule has 138 valence electrons. The van der Waals surface area contributed by atoms with Gasteiger partial charge in [0.1, 0.15) is 0 Å². The van der Waals surface area contributed by atoms with E-state index in [1.807, 2.05) is 25.1 Å². The van der Waals surface area contributed by atoms with Crippen LogP contribution >= 0.6 is 12.4 Å². The number of hydrogen-bond acceptors (Lipinski definition) is 3. The van der Waals surface area contributed by atoms with Crippen molar-refractivity contribution in [3.05, 3.63) is 23.8 Å². The van der Waals surface area contributed by atoms with E-state index in [9.17, 15) is 9.59 Å². The molecular weight excluding hydrogens is 340 g/mol. The zero-order chi connectivity index (χ0) is 16.9. The summed E-state index contributed by atoms with van der Waals surface area (Å²) in [5.41, 5.74) is 2.81. The molecule has 0 radical (unpaired) electrons. The molecule has 2 aliphatic heterocycles. The predicted octanol–water partition coefficient (Wildman–Crippen LogP) is 2.53. The van der Waals surface area contributed by atoms with Crippen molar-refractivity contribution < 1.29 is 9.59 Å². The second-order valence-electron chi connectivity index (χ2n) is 6.53. The van der Waals surface area contributed by atoms with Crippen LogP contribution < -0.4 is 20.9 Å². The summed E-state index contributed by atoms with van der Waals surface area (Å²) in [4.78, 5) is 26.0. The SMILES string of the molecule is CCNC(=O)N1CCc2ccc(NC(=O)CCC3CCNC3)cc21.Cl. The number of anilines is 2. The largest absolute Gasteiger partial charge is 0.338 e. The minimum Gasteiger partial charge on any atom is -0.338 e. The van der Waals surface area contributed by atoms with Gasteiger partial charge in [-0.25, -0.2) is 4.79 Å². The average molecular weight is 367 g/mol. The topological polar surface area (TPSA) is 73.5 Å². The maximum Gasteiger partial charge on any atom is 0.321 e. The van der Waals surface area contributed by atoms with Gasteiger partial charge in [-0.1, -0.05) is 6.07 Å². The van der Waals surface area contributed by atoms with Gasteiger partial charge in [-0.2, -0.15) is 0 Å². The monoisotopic (exact) mass is 366 g/mol. The average Bonchev–Trinajstić information content (AvgIpc) is 3.22. The van der Waals surface area contributed by atoms with E-state index in [1.165, 1.54) is 0 Å². The predicted molar refractivity (Wildman–Crippen MR) is 103 cm³/mol. The number of carbonyl (C=O) groups excluding carboxylic acids is 2. The summed E-state index contributed by atoms with van der Waals surface area (Å²) in [5, 5.41) is 9.13. The van der Waals surface area contributed by atoms with Gasteiger partial charge in [0, 0.05) is 25.2 Å². The summed E-state index contributed by atoms with van der Waals surface area (Å²) in [5.74, 6) is 0.661. The fourth-order valence-electron chi connectivity index (χ4n) is 3.43. The zero-order valence-corrected chi connectivity index (χ0v) is 15.5. The molecule has 25 heavy (non-hydrogen) atoms. The first-order valence-corrected chi connectivity index (χ1v) is 8.86. The molecule has 0 aromatic heterocycles. The highest BCUT2D eigenvalue weighted by Gasteiger charge is 2.24. The molecule has 3 rings (SSSR count). The van der Waals surface area contributed by atoms with E-state index in [1.54, 1.807) is 4.90 Å². The first-order chi connectivity index (χ1) is 11.7.